The van der Waals surface area contributed by atoms with Crippen LogP contribution in [0.15, 0.2) is 24.3 Å². The van der Waals surface area contributed by atoms with E-state index in [-0.39, 0.29) is 11.8 Å². The first kappa shape index (κ1) is 19.6. The fourth-order valence-electron chi connectivity index (χ4n) is 2.25. The molecule has 0 fully saturated rings. The smallest absolute Gasteiger partial charge is 0.233 e. The van der Waals surface area contributed by atoms with E-state index in [4.69, 9.17) is 17.0 Å². The molecule has 0 spiro atoms. The van der Waals surface area contributed by atoms with Crippen molar-refractivity contribution in [2.45, 2.75) is 39.5 Å². The maximum atomic E-state index is 12.2. The van der Waals surface area contributed by atoms with E-state index < -0.39 is 0 Å². The molecule has 128 valence electrons. The number of hydrogen-bond donors (Lipinski definition) is 2. The van der Waals surface area contributed by atoms with Gasteiger partial charge >= 0.3 is 0 Å². The minimum atomic E-state index is -0.234. The number of methoxy groups -OCH3 is 1. The normalized spacial score (nSPS) is 12.0. The summed E-state index contributed by atoms with van der Waals surface area (Å²) in [5.74, 6) is 0.302. The molecule has 0 saturated carbocycles. The van der Waals surface area contributed by atoms with Crippen molar-refractivity contribution in [1.82, 2.24) is 10.6 Å². The van der Waals surface area contributed by atoms with E-state index in [9.17, 15) is 4.79 Å². The van der Waals surface area contributed by atoms with Crippen molar-refractivity contribution in [2.24, 2.45) is 5.92 Å². The van der Waals surface area contributed by atoms with Gasteiger partial charge in [-0.15, -0.1) is 0 Å². The molecule has 1 aromatic carbocycles. The molecule has 0 heterocycles. The van der Waals surface area contributed by atoms with Crippen LogP contribution in [0.2, 0.25) is 0 Å². The second-order valence-corrected chi connectivity index (χ2v) is 6.56. The Balaban J connectivity index is 2.47. The summed E-state index contributed by atoms with van der Waals surface area (Å²) in [6.45, 7) is 7.64. The zero-order chi connectivity index (χ0) is 17.2. The van der Waals surface area contributed by atoms with Crippen molar-refractivity contribution in [1.29, 1.82) is 0 Å². The van der Waals surface area contributed by atoms with Gasteiger partial charge in [0.2, 0.25) is 5.91 Å². The summed E-state index contributed by atoms with van der Waals surface area (Å²) in [5, 5.41) is 6.12. The zero-order valence-corrected chi connectivity index (χ0v) is 15.3. The van der Waals surface area contributed by atoms with Crippen LogP contribution in [-0.4, -0.2) is 31.3 Å². The predicted octanol–water partition coefficient (Wildman–Crippen LogP) is 3.02. The molecule has 2 N–H and O–H groups in total. The highest BCUT2D eigenvalue weighted by Gasteiger charge is 2.16. The van der Waals surface area contributed by atoms with Crippen LogP contribution in [0, 0.1) is 5.92 Å². The molecule has 5 heteroatoms. The number of rotatable bonds is 8. The first-order valence-corrected chi connectivity index (χ1v) is 8.51. The molecule has 1 rings (SSSR count). The van der Waals surface area contributed by atoms with Crippen molar-refractivity contribution in [2.75, 3.05) is 20.3 Å². The molecule has 1 amide bonds. The van der Waals surface area contributed by atoms with E-state index >= 15 is 0 Å². The van der Waals surface area contributed by atoms with E-state index in [0.717, 1.165) is 18.4 Å². The van der Waals surface area contributed by atoms with Crippen molar-refractivity contribution >= 4 is 23.2 Å². The summed E-state index contributed by atoms with van der Waals surface area (Å²) < 4.78 is 4.96. The number of thiocarbonyl (C=S) groups is 1. The van der Waals surface area contributed by atoms with Gasteiger partial charge in [-0.25, -0.2) is 0 Å². The molecule has 0 aliphatic carbocycles. The maximum Gasteiger partial charge on any atom is 0.233 e. The highest BCUT2D eigenvalue weighted by atomic mass is 32.1. The van der Waals surface area contributed by atoms with Gasteiger partial charge in [0.05, 0.1) is 5.92 Å². The Morgan fingerprint density at radius 3 is 2.43 bits per heavy atom. The van der Waals surface area contributed by atoms with Crippen LogP contribution in [-0.2, 0) is 16.0 Å². The van der Waals surface area contributed by atoms with Crippen LogP contribution >= 0.6 is 12.2 Å². The van der Waals surface area contributed by atoms with Crippen molar-refractivity contribution in [3.05, 3.63) is 35.4 Å². The van der Waals surface area contributed by atoms with Crippen LogP contribution in [0.3, 0.4) is 0 Å². The molecule has 0 aliphatic rings. The van der Waals surface area contributed by atoms with Gasteiger partial charge in [0.1, 0.15) is 0 Å². The highest BCUT2D eigenvalue weighted by molar-refractivity contribution is 7.80. The molecule has 0 saturated heterocycles. The Morgan fingerprint density at radius 2 is 1.87 bits per heavy atom. The van der Waals surface area contributed by atoms with Gasteiger partial charge in [-0.3, -0.25) is 4.79 Å². The Bertz CT molecular complexity index is 500. The zero-order valence-electron chi connectivity index (χ0n) is 14.5. The summed E-state index contributed by atoms with van der Waals surface area (Å²) in [6, 6.07) is 8.24. The van der Waals surface area contributed by atoms with E-state index in [1.807, 2.05) is 19.1 Å². The molecule has 4 nitrogen and oxygen atoms in total. The van der Waals surface area contributed by atoms with E-state index in [0.29, 0.717) is 24.2 Å². The van der Waals surface area contributed by atoms with Gasteiger partial charge < -0.3 is 15.4 Å². The SMILES string of the molecule is COCCCNC(=S)NC(=O)C(C)c1ccc(CC(C)C)cc1. The minimum absolute atomic E-state index is 0.0918. The van der Waals surface area contributed by atoms with Crippen LogP contribution in [0.25, 0.3) is 0 Å². The number of nitrogens with one attached hydrogen (secondary N) is 2. The quantitative estimate of drug-likeness (QED) is 0.566. The average Bonchev–Trinajstić information content (AvgIpc) is 2.51. The van der Waals surface area contributed by atoms with E-state index in [2.05, 4.69) is 36.6 Å². The topological polar surface area (TPSA) is 50.4 Å². The number of benzene rings is 1. The fraction of sp³-hybridized carbons (Fsp3) is 0.556. The Morgan fingerprint density at radius 1 is 1.22 bits per heavy atom. The number of hydrogen-bond acceptors (Lipinski definition) is 3. The summed E-state index contributed by atoms with van der Waals surface area (Å²) in [4.78, 5) is 12.2. The molecular weight excluding hydrogens is 308 g/mol. The maximum absolute atomic E-state index is 12.2. The summed E-state index contributed by atoms with van der Waals surface area (Å²) in [5.41, 5.74) is 2.30. The van der Waals surface area contributed by atoms with Gasteiger partial charge in [0, 0.05) is 20.3 Å². The average molecular weight is 337 g/mol. The number of amides is 1. The second kappa shape index (κ2) is 10.3. The van der Waals surface area contributed by atoms with E-state index in [1.165, 1.54) is 5.56 Å². The Hall–Kier alpha value is -1.46. The number of carbonyl (C=O) groups is 1. The van der Waals surface area contributed by atoms with Crippen molar-refractivity contribution in [3.63, 3.8) is 0 Å². The number of ether oxygens (including phenoxy) is 1. The Labute approximate surface area is 145 Å². The third kappa shape index (κ3) is 7.57. The van der Waals surface area contributed by atoms with Gasteiger partial charge in [0.15, 0.2) is 5.11 Å². The molecule has 1 atom stereocenters. The Kier molecular flexibility index (Phi) is 8.81. The first-order valence-electron chi connectivity index (χ1n) is 8.10. The van der Waals surface area contributed by atoms with Crippen LogP contribution in [0.1, 0.15) is 44.2 Å². The van der Waals surface area contributed by atoms with Gasteiger partial charge in [-0.2, -0.15) is 0 Å². The molecule has 0 bridgehead atoms. The minimum Gasteiger partial charge on any atom is -0.385 e. The highest BCUT2D eigenvalue weighted by Crippen LogP contribution is 2.17. The van der Waals surface area contributed by atoms with Gasteiger partial charge in [0.25, 0.3) is 0 Å². The molecule has 0 radical (unpaired) electrons. The first-order chi connectivity index (χ1) is 10.9. The lowest BCUT2D eigenvalue weighted by Gasteiger charge is -2.15. The van der Waals surface area contributed by atoms with Crippen LogP contribution in [0.5, 0.6) is 0 Å². The third-order valence-electron chi connectivity index (χ3n) is 3.56. The fourth-order valence-corrected chi connectivity index (χ4v) is 2.45. The van der Waals surface area contributed by atoms with E-state index in [1.54, 1.807) is 7.11 Å². The predicted molar refractivity (Wildman–Crippen MR) is 98.6 cm³/mol. The second-order valence-electron chi connectivity index (χ2n) is 6.15. The summed E-state index contributed by atoms with van der Waals surface area (Å²) >= 11 is 5.13. The standard InChI is InChI=1S/C18H28N2O2S/c1-13(2)12-15-6-8-16(9-7-15)14(3)17(21)20-18(23)19-10-5-11-22-4/h6-9,13-14H,5,10-12H2,1-4H3,(H2,19,20,21,23). The van der Waals surface area contributed by atoms with Crippen LogP contribution < -0.4 is 10.6 Å². The molecule has 23 heavy (non-hydrogen) atoms. The summed E-state index contributed by atoms with van der Waals surface area (Å²) in [7, 11) is 1.66. The van der Waals surface area contributed by atoms with Crippen molar-refractivity contribution < 1.29 is 9.53 Å². The van der Waals surface area contributed by atoms with Gasteiger partial charge in [-0.1, -0.05) is 38.1 Å². The molecular formula is C18H28N2O2S. The largest absolute Gasteiger partial charge is 0.385 e. The third-order valence-corrected chi connectivity index (χ3v) is 3.81. The van der Waals surface area contributed by atoms with Crippen LogP contribution in [0.4, 0.5) is 0 Å². The lowest BCUT2D eigenvalue weighted by Crippen LogP contribution is -2.41. The summed E-state index contributed by atoms with van der Waals surface area (Å²) in [6.07, 6.45) is 1.90. The molecule has 1 unspecified atom stereocenters. The lowest BCUT2D eigenvalue weighted by molar-refractivity contribution is -0.120. The monoisotopic (exact) mass is 336 g/mol. The number of carbonyl (C=O) groups excluding carboxylic acids is 1. The molecule has 0 aromatic heterocycles. The molecule has 0 aliphatic heterocycles. The van der Waals surface area contributed by atoms with Crippen molar-refractivity contribution in [3.8, 4) is 0 Å². The van der Waals surface area contributed by atoms with Gasteiger partial charge in [-0.05, 0) is 49.0 Å². The molecule has 1 aromatic rings. The lowest BCUT2D eigenvalue weighted by atomic mass is 9.96.